The lowest BCUT2D eigenvalue weighted by molar-refractivity contribution is 1.08. The first-order chi connectivity index (χ1) is 24.4. The smallest absolute Gasteiger partial charge is 0.164 e. The molecule has 3 nitrogen and oxygen atoms in total. The standard InChI is InChI=1S/C40H31N3SSi/c1-45(2,3)31-20-16-28(17-21-31)38-41-39(43-40(42-38)34-15-9-13-27-12-7-8-14-32(27)34)30-18-22-33-35-24-29(26-10-5-4-6-11-26)19-23-36(35)44-37(33)25-30/h4-25H,1-3H3/i18D,19D,22D,23D,24D,25D. The first-order valence-electron chi connectivity index (χ1n) is 17.8. The molecule has 0 N–H and O–H groups in total. The Morgan fingerprint density at radius 1 is 0.511 bits per heavy atom. The van der Waals surface area contributed by atoms with Crippen LogP contribution in [0.2, 0.25) is 19.6 Å². The lowest BCUT2D eigenvalue weighted by atomic mass is 10.0. The summed E-state index contributed by atoms with van der Waals surface area (Å²) in [4.78, 5) is 14.7. The highest BCUT2D eigenvalue weighted by Gasteiger charge is 2.18. The van der Waals surface area contributed by atoms with Crippen molar-refractivity contribution in [1.29, 1.82) is 0 Å². The minimum atomic E-state index is -1.57. The molecule has 0 saturated heterocycles. The molecule has 6 aromatic carbocycles. The molecule has 2 heterocycles. The molecular formula is C40H31N3SSi. The van der Waals surface area contributed by atoms with E-state index in [1.807, 2.05) is 72.8 Å². The van der Waals surface area contributed by atoms with Gasteiger partial charge in [-0.3, -0.25) is 0 Å². The highest BCUT2D eigenvalue weighted by Crippen LogP contribution is 2.38. The highest BCUT2D eigenvalue weighted by molar-refractivity contribution is 7.25. The van der Waals surface area contributed by atoms with Gasteiger partial charge in [0.1, 0.15) is 0 Å². The van der Waals surface area contributed by atoms with E-state index in [0.717, 1.165) is 33.2 Å². The molecule has 5 heteroatoms. The number of fused-ring (bicyclic) bond motifs is 4. The quantitative estimate of drug-likeness (QED) is 0.180. The van der Waals surface area contributed by atoms with Crippen molar-refractivity contribution in [2.45, 2.75) is 19.6 Å². The van der Waals surface area contributed by atoms with Crippen molar-refractivity contribution in [2.24, 2.45) is 0 Å². The number of hydrogen-bond acceptors (Lipinski definition) is 4. The largest absolute Gasteiger partial charge is 0.208 e. The van der Waals surface area contributed by atoms with Crippen LogP contribution in [0, 0.1) is 0 Å². The molecule has 8 rings (SSSR count). The molecule has 0 aliphatic carbocycles. The van der Waals surface area contributed by atoms with Crippen LogP contribution in [0.4, 0.5) is 0 Å². The normalized spacial score (nSPS) is 13.8. The minimum Gasteiger partial charge on any atom is -0.208 e. The summed E-state index contributed by atoms with van der Waals surface area (Å²) in [7, 11) is -1.57. The summed E-state index contributed by atoms with van der Waals surface area (Å²) in [5, 5.41) is 3.82. The number of nitrogens with zero attached hydrogens (tertiary/aromatic N) is 3. The number of aromatic nitrogens is 3. The van der Waals surface area contributed by atoms with E-state index in [4.69, 9.17) is 17.7 Å². The Bertz CT molecular complexity index is 2690. The van der Waals surface area contributed by atoms with Gasteiger partial charge >= 0.3 is 0 Å². The molecular weight excluding hydrogens is 583 g/mol. The zero-order valence-corrected chi connectivity index (χ0v) is 26.8. The summed E-state index contributed by atoms with van der Waals surface area (Å²) in [6.45, 7) is 6.86. The van der Waals surface area contributed by atoms with E-state index in [2.05, 4.69) is 31.8 Å². The Morgan fingerprint density at radius 3 is 2.00 bits per heavy atom. The van der Waals surface area contributed by atoms with Crippen LogP contribution in [0.25, 0.3) is 76.2 Å². The lowest BCUT2D eigenvalue weighted by Crippen LogP contribution is -2.37. The fourth-order valence-corrected chi connectivity index (χ4v) is 7.67. The van der Waals surface area contributed by atoms with Crippen LogP contribution in [0.3, 0.4) is 0 Å². The maximum absolute atomic E-state index is 9.48. The van der Waals surface area contributed by atoms with Gasteiger partial charge < -0.3 is 0 Å². The SMILES string of the molecule is [2H]c1c(-c2ccccc2)c([2H])c2c(sc3c([2H])c(-c4nc(-c5ccc([Si](C)(C)C)cc5)nc(-c5cccc6ccccc56)n4)c([2H])c([2H])c32)c1[2H]. The van der Waals surface area contributed by atoms with Gasteiger partial charge in [-0.25, -0.2) is 15.0 Å². The fraction of sp³-hybridized carbons (Fsp3) is 0.0750. The van der Waals surface area contributed by atoms with Gasteiger partial charge in [0, 0.05) is 36.9 Å². The van der Waals surface area contributed by atoms with Crippen LogP contribution >= 0.6 is 11.3 Å². The third kappa shape index (κ3) is 5.14. The topological polar surface area (TPSA) is 38.7 Å². The van der Waals surface area contributed by atoms with E-state index >= 15 is 0 Å². The van der Waals surface area contributed by atoms with E-state index in [9.17, 15) is 5.48 Å². The maximum atomic E-state index is 9.48. The van der Waals surface area contributed by atoms with E-state index in [-0.39, 0.29) is 58.6 Å². The molecule has 0 bridgehead atoms. The summed E-state index contributed by atoms with van der Waals surface area (Å²) in [5.41, 5.74) is 2.53. The van der Waals surface area contributed by atoms with Crippen molar-refractivity contribution in [2.75, 3.05) is 0 Å². The molecule has 0 radical (unpaired) electrons. The van der Waals surface area contributed by atoms with E-state index in [1.165, 1.54) is 5.19 Å². The second-order valence-electron chi connectivity index (χ2n) is 12.0. The molecule has 0 atom stereocenters. The van der Waals surface area contributed by atoms with Crippen molar-refractivity contribution in [3.8, 4) is 45.3 Å². The Balaban J connectivity index is 1.41. The van der Waals surface area contributed by atoms with Crippen LogP contribution in [0.1, 0.15) is 8.22 Å². The van der Waals surface area contributed by atoms with Gasteiger partial charge in [-0.1, -0.05) is 140 Å². The Labute approximate surface area is 276 Å². The fourth-order valence-electron chi connectivity index (χ4n) is 5.53. The number of rotatable bonds is 5. The first kappa shape index (κ1) is 21.7. The zero-order chi connectivity index (χ0) is 35.8. The zero-order valence-electron chi connectivity index (χ0n) is 31.0. The first-order valence-corrected chi connectivity index (χ1v) is 19.1. The van der Waals surface area contributed by atoms with Crippen molar-refractivity contribution in [1.82, 2.24) is 15.0 Å². The third-order valence-corrected chi connectivity index (χ3v) is 11.1. The number of hydrogen-bond donors (Lipinski definition) is 0. The molecule has 0 aliphatic rings. The van der Waals surface area contributed by atoms with Crippen molar-refractivity contribution < 1.29 is 8.22 Å². The summed E-state index contributed by atoms with van der Waals surface area (Å²) in [6, 6.07) is 30.5. The Hall–Kier alpha value is -4.97. The van der Waals surface area contributed by atoms with Crippen molar-refractivity contribution in [3.63, 3.8) is 0 Å². The Morgan fingerprint density at radius 2 is 1.20 bits per heavy atom. The van der Waals surface area contributed by atoms with E-state index in [1.54, 1.807) is 12.1 Å². The molecule has 8 aromatic rings. The van der Waals surface area contributed by atoms with Gasteiger partial charge in [0.25, 0.3) is 0 Å². The summed E-state index contributed by atoms with van der Waals surface area (Å²) < 4.78 is 55.7. The second-order valence-corrected chi connectivity index (χ2v) is 18.1. The van der Waals surface area contributed by atoms with Crippen molar-refractivity contribution in [3.05, 3.63) is 133 Å². The van der Waals surface area contributed by atoms with E-state index < -0.39 is 8.07 Å². The average molecular weight is 620 g/mol. The van der Waals surface area contributed by atoms with Gasteiger partial charge in [0.15, 0.2) is 17.5 Å². The Kier molecular flexibility index (Phi) is 5.24. The van der Waals surface area contributed by atoms with Gasteiger partial charge in [0.05, 0.1) is 16.3 Å². The molecule has 0 unspecified atom stereocenters. The second kappa shape index (κ2) is 10.9. The van der Waals surface area contributed by atoms with Crippen LogP contribution in [-0.2, 0) is 0 Å². The highest BCUT2D eigenvalue weighted by atomic mass is 32.1. The van der Waals surface area contributed by atoms with Gasteiger partial charge in [-0.05, 0) is 40.0 Å². The van der Waals surface area contributed by atoms with E-state index in [0.29, 0.717) is 32.0 Å². The predicted molar refractivity (Wildman–Crippen MR) is 195 cm³/mol. The minimum absolute atomic E-state index is 0.00551. The average Bonchev–Trinajstić information content (AvgIpc) is 3.55. The lowest BCUT2D eigenvalue weighted by Gasteiger charge is -2.16. The summed E-state index contributed by atoms with van der Waals surface area (Å²) >= 11 is 1.10. The molecule has 0 amide bonds. The summed E-state index contributed by atoms with van der Waals surface area (Å²) in [5.74, 6) is 0.875. The molecule has 216 valence electrons. The predicted octanol–water partition coefficient (Wildman–Crippen LogP) is 10.6. The molecule has 45 heavy (non-hydrogen) atoms. The molecule has 0 fully saturated rings. The molecule has 0 aliphatic heterocycles. The third-order valence-electron chi connectivity index (χ3n) is 7.97. The van der Waals surface area contributed by atoms with Crippen LogP contribution in [-0.4, -0.2) is 23.0 Å². The number of benzene rings is 6. The van der Waals surface area contributed by atoms with Gasteiger partial charge in [-0.2, -0.15) is 0 Å². The van der Waals surface area contributed by atoms with Crippen molar-refractivity contribution >= 4 is 55.5 Å². The van der Waals surface area contributed by atoms with Crippen LogP contribution < -0.4 is 5.19 Å². The monoisotopic (exact) mass is 619 g/mol. The molecule has 0 spiro atoms. The number of thiophene rings is 1. The van der Waals surface area contributed by atoms with Crippen LogP contribution in [0.5, 0.6) is 0 Å². The van der Waals surface area contributed by atoms with Crippen LogP contribution in [0.15, 0.2) is 133 Å². The molecule has 0 saturated carbocycles. The van der Waals surface area contributed by atoms with Gasteiger partial charge in [-0.15, -0.1) is 11.3 Å². The summed E-state index contributed by atoms with van der Waals surface area (Å²) in [6.07, 6.45) is 0. The van der Waals surface area contributed by atoms with Gasteiger partial charge in [0.2, 0.25) is 0 Å². The molecule has 2 aromatic heterocycles. The maximum Gasteiger partial charge on any atom is 0.164 e.